The van der Waals surface area contributed by atoms with E-state index in [1.807, 2.05) is 0 Å². The van der Waals surface area contributed by atoms with Crippen LogP contribution in [0.3, 0.4) is 0 Å². The fraction of sp³-hybridized carbons (Fsp3) is 0.529. The number of carbonyl (C=O) groups excluding carboxylic acids is 1. The summed E-state index contributed by atoms with van der Waals surface area (Å²) in [6.45, 7) is 1.72. The van der Waals surface area contributed by atoms with Crippen LogP contribution in [0.4, 0.5) is 16.6 Å². The predicted molar refractivity (Wildman–Crippen MR) is 105 cm³/mol. The maximum absolute atomic E-state index is 11.9. The molecule has 0 saturated carbocycles. The van der Waals surface area contributed by atoms with Crippen LogP contribution in [-0.2, 0) is 14.2 Å². The molecular formula is C17H22ClN7O4. The van der Waals surface area contributed by atoms with Gasteiger partial charge in [-0.15, -0.1) is 0 Å². The summed E-state index contributed by atoms with van der Waals surface area (Å²) in [5.74, 6) is 0.724. The van der Waals surface area contributed by atoms with Crippen molar-refractivity contribution >= 4 is 35.7 Å². The number of cyclic esters (lactones) is 1. The third-order valence-electron chi connectivity index (χ3n) is 5.00. The van der Waals surface area contributed by atoms with Gasteiger partial charge in [-0.25, -0.2) is 9.78 Å². The summed E-state index contributed by atoms with van der Waals surface area (Å²) in [7, 11) is 1.73. The number of halogens is 1. The first kappa shape index (κ1) is 19.7. The Labute approximate surface area is 172 Å². The van der Waals surface area contributed by atoms with E-state index in [0.717, 1.165) is 6.21 Å². The van der Waals surface area contributed by atoms with E-state index >= 15 is 0 Å². The summed E-state index contributed by atoms with van der Waals surface area (Å²) in [5, 5.41) is 16.8. The van der Waals surface area contributed by atoms with E-state index in [4.69, 9.17) is 31.2 Å². The van der Waals surface area contributed by atoms with Gasteiger partial charge in [-0.1, -0.05) is 11.6 Å². The number of rotatable bonds is 7. The Morgan fingerprint density at radius 2 is 2.21 bits per heavy atom. The smallest absolute Gasteiger partial charge is 0.410 e. The number of aromatic nitrogens is 2. The van der Waals surface area contributed by atoms with Crippen molar-refractivity contribution in [2.24, 2.45) is 0 Å². The van der Waals surface area contributed by atoms with Crippen LogP contribution in [0.5, 0.6) is 0 Å². The van der Waals surface area contributed by atoms with E-state index < -0.39 is 0 Å². The van der Waals surface area contributed by atoms with Gasteiger partial charge >= 0.3 is 6.09 Å². The number of hydrogen-bond acceptors (Lipinski definition) is 10. The van der Waals surface area contributed by atoms with E-state index in [1.165, 1.54) is 6.20 Å². The molecule has 4 heterocycles. The fourth-order valence-electron chi connectivity index (χ4n) is 3.68. The molecule has 1 amide bonds. The van der Waals surface area contributed by atoms with Crippen molar-refractivity contribution in [3.05, 3.63) is 23.1 Å². The van der Waals surface area contributed by atoms with E-state index in [0.29, 0.717) is 48.9 Å². The number of nitrogens with one attached hydrogen (secondary N) is 4. The van der Waals surface area contributed by atoms with E-state index in [-0.39, 0.29) is 30.4 Å². The predicted octanol–water partition coefficient (Wildman–Crippen LogP) is 0.651. The molecule has 0 bridgehead atoms. The molecule has 4 N–H and O–H groups in total. The topological polar surface area (TPSA) is 134 Å². The second-order valence-corrected chi connectivity index (χ2v) is 7.18. The molecule has 3 aliphatic heterocycles. The van der Waals surface area contributed by atoms with Gasteiger partial charge in [0.25, 0.3) is 0 Å². The Bertz CT molecular complexity index is 823. The largest absolute Gasteiger partial charge is 0.448 e. The van der Waals surface area contributed by atoms with Crippen molar-refractivity contribution in [2.75, 3.05) is 44.0 Å². The number of allylic oxidation sites excluding steroid dienone is 1. The molecule has 156 valence electrons. The highest BCUT2D eigenvalue weighted by Crippen LogP contribution is 2.33. The summed E-state index contributed by atoms with van der Waals surface area (Å²) in [5.41, 5.74) is 0.490. The van der Waals surface area contributed by atoms with Crippen LogP contribution >= 0.6 is 11.6 Å². The first-order valence-corrected chi connectivity index (χ1v) is 9.59. The first-order chi connectivity index (χ1) is 14.1. The van der Waals surface area contributed by atoms with E-state index in [9.17, 15) is 4.79 Å². The number of anilines is 2. The molecule has 3 saturated heterocycles. The number of nitrogens with zero attached hydrogens (tertiary/aromatic N) is 3. The normalized spacial score (nSPS) is 28.8. The molecule has 29 heavy (non-hydrogen) atoms. The SMILES string of the molecule is CN/C=C(\C=N)Nc1ncc(Cl)c(NC2COC3C2OCC3N2CCOC2=O)n1. The minimum Gasteiger partial charge on any atom is -0.448 e. The quantitative estimate of drug-likeness (QED) is 0.466. The monoisotopic (exact) mass is 423 g/mol. The zero-order valence-corrected chi connectivity index (χ0v) is 16.5. The van der Waals surface area contributed by atoms with E-state index in [1.54, 1.807) is 18.1 Å². The lowest BCUT2D eigenvalue weighted by molar-refractivity contribution is 0.0518. The zero-order chi connectivity index (χ0) is 20.4. The Morgan fingerprint density at radius 1 is 1.38 bits per heavy atom. The molecule has 0 radical (unpaired) electrons. The Morgan fingerprint density at radius 3 is 2.93 bits per heavy atom. The first-order valence-electron chi connectivity index (χ1n) is 9.21. The molecule has 3 aliphatic rings. The van der Waals surface area contributed by atoms with Crippen LogP contribution in [0.2, 0.25) is 5.02 Å². The lowest BCUT2D eigenvalue weighted by atomic mass is 10.1. The van der Waals surface area contributed by atoms with Gasteiger partial charge in [-0.2, -0.15) is 4.98 Å². The highest BCUT2D eigenvalue weighted by molar-refractivity contribution is 6.32. The minimum absolute atomic E-state index is 0.165. The summed E-state index contributed by atoms with van der Waals surface area (Å²) >= 11 is 6.26. The Kier molecular flexibility index (Phi) is 5.69. The number of amides is 1. The molecule has 4 unspecified atom stereocenters. The molecule has 12 heteroatoms. The average molecular weight is 424 g/mol. The number of fused-ring (bicyclic) bond motifs is 1. The second-order valence-electron chi connectivity index (χ2n) is 6.77. The third kappa shape index (κ3) is 3.93. The van der Waals surface area contributed by atoms with Crippen LogP contribution in [0.15, 0.2) is 18.1 Å². The van der Waals surface area contributed by atoms with Gasteiger partial charge in [-0.05, 0) is 0 Å². The lowest BCUT2D eigenvalue weighted by Gasteiger charge is -2.24. The second kappa shape index (κ2) is 8.39. The van der Waals surface area contributed by atoms with Crippen LogP contribution in [0.1, 0.15) is 0 Å². The van der Waals surface area contributed by atoms with Gasteiger partial charge < -0.3 is 35.6 Å². The van der Waals surface area contributed by atoms with Crippen LogP contribution in [-0.4, -0.2) is 84.9 Å². The number of hydrogen-bond donors (Lipinski definition) is 4. The molecule has 11 nitrogen and oxygen atoms in total. The third-order valence-corrected chi connectivity index (χ3v) is 5.27. The maximum Gasteiger partial charge on any atom is 0.410 e. The standard InChI is InChI=1S/C17H22ClN7O4/c1-20-5-9(4-19)22-16-21-6-10(18)15(24-16)23-11-7-28-14-12(8-29-13(11)14)25-2-3-27-17(25)26/h4-6,11-14,19-20H,2-3,7-8H2,1H3,(H2,21,22,23,24)/b9-5+,19-4?. The molecule has 3 fully saturated rings. The van der Waals surface area contributed by atoms with Gasteiger partial charge in [0.2, 0.25) is 5.95 Å². The number of carbonyl (C=O) groups is 1. The number of ether oxygens (including phenoxy) is 3. The van der Waals surface area contributed by atoms with Gasteiger partial charge in [0.05, 0.1) is 43.7 Å². The lowest BCUT2D eigenvalue weighted by Crippen LogP contribution is -2.45. The van der Waals surface area contributed by atoms with Crippen molar-refractivity contribution < 1.29 is 19.0 Å². The average Bonchev–Trinajstić information content (AvgIpc) is 3.41. The molecule has 1 aromatic rings. The highest BCUT2D eigenvalue weighted by atomic mass is 35.5. The minimum atomic E-state index is -0.328. The summed E-state index contributed by atoms with van der Waals surface area (Å²) in [6.07, 6.45) is 3.43. The van der Waals surface area contributed by atoms with Gasteiger partial charge in [0, 0.05) is 19.5 Å². The summed E-state index contributed by atoms with van der Waals surface area (Å²) in [4.78, 5) is 22.1. The molecule has 4 atom stereocenters. The van der Waals surface area contributed by atoms with E-state index in [2.05, 4.69) is 25.9 Å². The zero-order valence-electron chi connectivity index (χ0n) is 15.7. The van der Waals surface area contributed by atoms with Gasteiger partial charge in [0.15, 0.2) is 5.82 Å². The summed E-state index contributed by atoms with van der Waals surface area (Å²) in [6, 6.07) is -0.347. The van der Waals surface area contributed by atoms with Crippen molar-refractivity contribution in [3.63, 3.8) is 0 Å². The molecule has 0 spiro atoms. The van der Waals surface area contributed by atoms with Crippen LogP contribution in [0, 0.1) is 5.41 Å². The molecule has 0 aliphatic carbocycles. The van der Waals surface area contributed by atoms with Crippen LogP contribution < -0.4 is 16.0 Å². The van der Waals surface area contributed by atoms with Crippen molar-refractivity contribution in [2.45, 2.75) is 24.3 Å². The van der Waals surface area contributed by atoms with Gasteiger partial charge in [-0.3, -0.25) is 4.90 Å². The fourth-order valence-corrected chi connectivity index (χ4v) is 3.83. The van der Waals surface area contributed by atoms with Crippen LogP contribution in [0.25, 0.3) is 0 Å². The molecule has 4 rings (SSSR count). The maximum atomic E-state index is 11.9. The van der Waals surface area contributed by atoms with Gasteiger partial charge in [0.1, 0.15) is 23.8 Å². The molecule has 1 aromatic heterocycles. The highest BCUT2D eigenvalue weighted by Gasteiger charge is 2.51. The Balaban J connectivity index is 1.45. The summed E-state index contributed by atoms with van der Waals surface area (Å²) < 4.78 is 16.9. The van der Waals surface area contributed by atoms with Crippen molar-refractivity contribution in [1.82, 2.24) is 20.2 Å². The molecule has 0 aromatic carbocycles. The molecular weight excluding hydrogens is 402 g/mol. The van der Waals surface area contributed by atoms with Crippen molar-refractivity contribution in [3.8, 4) is 0 Å². The van der Waals surface area contributed by atoms with Crippen molar-refractivity contribution in [1.29, 1.82) is 5.41 Å². The Hall–Kier alpha value is -2.63.